The smallest absolute Gasteiger partial charge is 0.257 e. The number of para-hydroxylation sites is 1. The predicted molar refractivity (Wildman–Crippen MR) is 114 cm³/mol. The molecule has 1 fully saturated rings. The van der Waals surface area contributed by atoms with Crippen molar-refractivity contribution in [2.24, 2.45) is 0 Å². The average Bonchev–Trinajstić information content (AvgIpc) is 3.29. The van der Waals surface area contributed by atoms with Crippen LogP contribution < -0.4 is 9.47 Å². The molecule has 0 aliphatic carbocycles. The molecule has 2 aromatic carbocycles. The van der Waals surface area contributed by atoms with Gasteiger partial charge < -0.3 is 14.4 Å². The highest BCUT2D eigenvalue weighted by molar-refractivity contribution is 7.89. The highest BCUT2D eigenvalue weighted by Crippen LogP contribution is 2.28. The summed E-state index contributed by atoms with van der Waals surface area (Å²) in [6, 6.07) is 11.8. The van der Waals surface area contributed by atoms with Crippen molar-refractivity contribution in [2.75, 3.05) is 33.9 Å². The van der Waals surface area contributed by atoms with Crippen molar-refractivity contribution >= 4 is 15.9 Å². The van der Waals surface area contributed by atoms with Crippen molar-refractivity contribution in [3.63, 3.8) is 0 Å². The molecule has 0 N–H and O–H groups in total. The molecule has 8 heteroatoms. The van der Waals surface area contributed by atoms with Gasteiger partial charge in [0.05, 0.1) is 24.2 Å². The number of benzene rings is 2. The van der Waals surface area contributed by atoms with Crippen molar-refractivity contribution in [3.05, 3.63) is 53.6 Å². The summed E-state index contributed by atoms with van der Waals surface area (Å²) in [5, 5.41) is 0. The van der Waals surface area contributed by atoms with Crippen LogP contribution in [0.25, 0.3) is 0 Å². The van der Waals surface area contributed by atoms with Crippen molar-refractivity contribution in [3.8, 4) is 11.5 Å². The lowest BCUT2D eigenvalue weighted by atomic mass is 10.1. The summed E-state index contributed by atoms with van der Waals surface area (Å²) in [4.78, 5) is 14.7. The number of rotatable bonds is 8. The van der Waals surface area contributed by atoms with Gasteiger partial charge in [0.2, 0.25) is 10.0 Å². The summed E-state index contributed by atoms with van der Waals surface area (Å²) < 4.78 is 38.6. The topological polar surface area (TPSA) is 76.1 Å². The first-order valence-electron chi connectivity index (χ1n) is 10.0. The van der Waals surface area contributed by atoms with Crippen LogP contribution in [0.4, 0.5) is 0 Å². The molecule has 3 rings (SSSR count). The van der Waals surface area contributed by atoms with E-state index in [1.165, 1.54) is 36.7 Å². The van der Waals surface area contributed by atoms with E-state index in [0.717, 1.165) is 18.4 Å². The summed E-state index contributed by atoms with van der Waals surface area (Å²) in [5.74, 6) is 0.822. The van der Waals surface area contributed by atoms with Crippen molar-refractivity contribution in [1.82, 2.24) is 9.21 Å². The molecule has 1 saturated heterocycles. The Balaban J connectivity index is 1.90. The first-order chi connectivity index (χ1) is 14.4. The van der Waals surface area contributed by atoms with E-state index in [1.54, 1.807) is 4.90 Å². The van der Waals surface area contributed by atoms with Crippen LogP contribution in [0.15, 0.2) is 47.4 Å². The van der Waals surface area contributed by atoms with Gasteiger partial charge in [0.15, 0.2) is 0 Å². The zero-order chi connectivity index (χ0) is 21.7. The van der Waals surface area contributed by atoms with Crippen molar-refractivity contribution in [1.29, 1.82) is 0 Å². The van der Waals surface area contributed by atoms with Crippen LogP contribution in [0, 0.1) is 0 Å². The Labute approximate surface area is 178 Å². The SMILES string of the molecule is CCOc1ccccc1CN(C)S(=O)(=O)c1ccc(OC)c(C(=O)N2CCCC2)c1. The zero-order valence-electron chi connectivity index (χ0n) is 17.6. The lowest BCUT2D eigenvalue weighted by Crippen LogP contribution is -2.29. The molecule has 0 aromatic heterocycles. The van der Waals surface area contributed by atoms with Gasteiger partial charge in [-0.3, -0.25) is 4.79 Å². The van der Waals surface area contributed by atoms with Gasteiger partial charge in [0, 0.05) is 32.2 Å². The second-order valence-corrected chi connectivity index (χ2v) is 9.21. The number of amides is 1. The van der Waals surface area contributed by atoms with Gasteiger partial charge in [-0.25, -0.2) is 8.42 Å². The van der Waals surface area contributed by atoms with Crippen LogP contribution in [0.2, 0.25) is 0 Å². The minimum Gasteiger partial charge on any atom is -0.496 e. The van der Waals surface area contributed by atoms with E-state index in [-0.39, 0.29) is 22.9 Å². The van der Waals surface area contributed by atoms with E-state index in [0.29, 0.717) is 31.2 Å². The van der Waals surface area contributed by atoms with E-state index < -0.39 is 10.0 Å². The lowest BCUT2D eigenvalue weighted by Gasteiger charge is -2.21. The lowest BCUT2D eigenvalue weighted by molar-refractivity contribution is 0.0789. The minimum absolute atomic E-state index is 0.0576. The second kappa shape index (κ2) is 9.49. The second-order valence-electron chi connectivity index (χ2n) is 7.16. The minimum atomic E-state index is -3.82. The van der Waals surface area contributed by atoms with E-state index in [9.17, 15) is 13.2 Å². The third-order valence-electron chi connectivity index (χ3n) is 5.17. The molecule has 7 nitrogen and oxygen atoms in total. The predicted octanol–water partition coefficient (Wildman–Crippen LogP) is 3.15. The Morgan fingerprint density at radius 3 is 2.47 bits per heavy atom. The Morgan fingerprint density at radius 1 is 1.10 bits per heavy atom. The fourth-order valence-electron chi connectivity index (χ4n) is 3.54. The van der Waals surface area contributed by atoms with Crippen LogP contribution in [0.5, 0.6) is 11.5 Å². The number of methoxy groups -OCH3 is 1. The Morgan fingerprint density at radius 2 is 1.80 bits per heavy atom. The maximum Gasteiger partial charge on any atom is 0.257 e. The maximum atomic E-state index is 13.2. The van der Waals surface area contributed by atoms with Crippen LogP contribution in [-0.4, -0.2) is 57.4 Å². The number of hydrogen-bond donors (Lipinski definition) is 0. The molecule has 2 aromatic rings. The molecule has 162 valence electrons. The van der Waals surface area contributed by atoms with E-state index in [4.69, 9.17) is 9.47 Å². The Kier molecular flexibility index (Phi) is 6.99. The molecule has 0 radical (unpaired) electrons. The standard InChI is InChI=1S/C22H28N2O5S/c1-4-29-20-10-6-5-9-17(20)16-23(2)30(26,27)18-11-12-21(28-3)19(15-18)22(25)24-13-7-8-14-24/h5-6,9-12,15H,4,7-8,13-14,16H2,1-3H3. The van der Waals surface area contributed by atoms with Crippen LogP contribution in [0.1, 0.15) is 35.7 Å². The molecule has 30 heavy (non-hydrogen) atoms. The normalized spacial score (nSPS) is 14.2. The molecule has 0 spiro atoms. The highest BCUT2D eigenvalue weighted by Gasteiger charge is 2.27. The number of likely N-dealkylation sites (tertiary alicyclic amines) is 1. The van der Waals surface area contributed by atoms with E-state index in [1.807, 2.05) is 31.2 Å². The van der Waals surface area contributed by atoms with Gasteiger partial charge in [0.1, 0.15) is 11.5 Å². The third kappa shape index (κ3) is 4.60. The number of nitrogens with zero attached hydrogens (tertiary/aromatic N) is 2. The molecular formula is C22H28N2O5S. The van der Waals surface area contributed by atoms with Crippen LogP contribution in [0.3, 0.4) is 0 Å². The molecule has 0 bridgehead atoms. The Bertz CT molecular complexity index is 1000. The molecule has 1 amide bonds. The largest absolute Gasteiger partial charge is 0.496 e. The first-order valence-corrected chi connectivity index (χ1v) is 11.5. The number of sulfonamides is 1. The molecule has 1 heterocycles. The molecule has 1 aliphatic heterocycles. The fourth-order valence-corrected chi connectivity index (χ4v) is 4.72. The number of ether oxygens (including phenoxy) is 2. The molecule has 0 unspecified atom stereocenters. The number of carbonyl (C=O) groups is 1. The molecular weight excluding hydrogens is 404 g/mol. The Hall–Kier alpha value is -2.58. The van der Waals surface area contributed by atoms with E-state index in [2.05, 4.69) is 0 Å². The van der Waals surface area contributed by atoms with Gasteiger partial charge >= 0.3 is 0 Å². The van der Waals surface area contributed by atoms with Gasteiger partial charge in [0.25, 0.3) is 5.91 Å². The molecule has 0 atom stereocenters. The number of hydrogen-bond acceptors (Lipinski definition) is 5. The summed E-state index contributed by atoms with van der Waals surface area (Å²) in [6.07, 6.45) is 1.90. The summed E-state index contributed by atoms with van der Waals surface area (Å²) >= 11 is 0. The summed E-state index contributed by atoms with van der Waals surface area (Å²) in [5.41, 5.74) is 1.04. The monoisotopic (exact) mass is 432 g/mol. The third-order valence-corrected chi connectivity index (χ3v) is 6.97. The highest BCUT2D eigenvalue weighted by atomic mass is 32.2. The average molecular weight is 433 g/mol. The van der Waals surface area contributed by atoms with Crippen molar-refractivity contribution < 1.29 is 22.7 Å². The van der Waals surface area contributed by atoms with Gasteiger partial charge in [-0.1, -0.05) is 18.2 Å². The van der Waals surface area contributed by atoms with Gasteiger partial charge in [-0.05, 0) is 44.0 Å². The zero-order valence-corrected chi connectivity index (χ0v) is 18.4. The molecule has 1 aliphatic rings. The van der Waals surface area contributed by atoms with Crippen LogP contribution >= 0.6 is 0 Å². The first kappa shape index (κ1) is 22.1. The molecule has 0 saturated carbocycles. The van der Waals surface area contributed by atoms with Gasteiger partial charge in [-0.15, -0.1) is 0 Å². The fraction of sp³-hybridized carbons (Fsp3) is 0.409. The van der Waals surface area contributed by atoms with Crippen LogP contribution in [-0.2, 0) is 16.6 Å². The number of carbonyl (C=O) groups excluding carboxylic acids is 1. The quantitative estimate of drug-likeness (QED) is 0.641. The summed E-state index contributed by atoms with van der Waals surface area (Å²) in [7, 11) is -0.831. The maximum absolute atomic E-state index is 13.2. The van der Waals surface area contributed by atoms with Gasteiger partial charge in [-0.2, -0.15) is 4.31 Å². The van der Waals surface area contributed by atoms with Crippen molar-refractivity contribution in [2.45, 2.75) is 31.2 Å². The van der Waals surface area contributed by atoms with E-state index >= 15 is 0 Å². The summed E-state index contributed by atoms with van der Waals surface area (Å²) in [6.45, 7) is 3.88.